The molecule has 2 aliphatic heterocycles. The van der Waals surface area contributed by atoms with Gasteiger partial charge in [-0.15, -0.1) is 0 Å². The second kappa shape index (κ2) is 9.55. The molecule has 2 aliphatic rings. The van der Waals surface area contributed by atoms with Gasteiger partial charge in [0.1, 0.15) is 12.1 Å². The molecule has 7 heteroatoms. The number of nitrogens with zero attached hydrogens (tertiary/aromatic N) is 4. The van der Waals surface area contributed by atoms with Crippen LogP contribution in [0.2, 0.25) is 5.02 Å². The molecular weight excluding hydrogens is 410 g/mol. The Hall–Kier alpha value is -2.15. The molecule has 0 amide bonds. The Morgan fingerprint density at radius 2 is 1.90 bits per heavy atom. The lowest BCUT2D eigenvalue weighted by molar-refractivity contribution is 0.0787. The lowest BCUT2D eigenvalue weighted by Crippen LogP contribution is -2.47. The average molecular weight is 442 g/mol. The van der Waals surface area contributed by atoms with Crippen molar-refractivity contribution < 1.29 is 4.74 Å². The summed E-state index contributed by atoms with van der Waals surface area (Å²) >= 11 is 6.12. The van der Waals surface area contributed by atoms with Gasteiger partial charge in [0.25, 0.3) is 0 Å². The molecule has 4 rings (SSSR count). The van der Waals surface area contributed by atoms with Crippen molar-refractivity contribution in [1.82, 2.24) is 20.2 Å². The van der Waals surface area contributed by atoms with E-state index >= 15 is 0 Å². The summed E-state index contributed by atoms with van der Waals surface area (Å²) < 4.78 is 5.78. The molecule has 0 radical (unpaired) electrons. The summed E-state index contributed by atoms with van der Waals surface area (Å²) in [7, 11) is 0. The third kappa shape index (κ3) is 4.86. The summed E-state index contributed by atoms with van der Waals surface area (Å²) in [6.45, 7) is 16.0. The van der Waals surface area contributed by atoms with Crippen LogP contribution in [0.4, 0.5) is 5.82 Å². The van der Waals surface area contributed by atoms with Gasteiger partial charge in [-0.2, -0.15) is 0 Å². The number of hydrogen-bond donors (Lipinski definition) is 1. The van der Waals surface area contributed by atoms with Crippen molar-refractivity contribution in [3.05, 3.63) is 64.7 Å². The van der Waals surface area contributed by atoms with E-state index in [2.05, 4.69) is 64.6 Å². The Balaban J connectivity index is 1.46. The third-order valence-electron chi connectivity index (χ3n) is 6.21. The van der Waals surface area contributed by atoms with E-state index < -0.39 is 0 Å². The molecule has 2 atom stereocenters. The maximum absolute atomic E-state index is 6.12. The van der Waals surface area contributed by atoms with Gasteiger partial charge in [-0.25, -0.2) is 9.97 Å². The Morgan fingerprint density at radius 3 is 2.58 bits per heavy atom. The van der Waals surface area contributed by atoms with E-state index in [0.717, 1.165) is 60.5 Å². The zero-order valence-corrected chi connectivity index (χ0v) is 19.4. The Morgan fingerprint density at radius 1 is 1.19 bits per heavy atom. The molecule has 2 aromatic rings. The number of piperazine rings is 1. The van der Waals surface area contributed by atoms with E-state index in [1.807, 2.05) is 12.1 Å². The summed E-state index contributed by atoms with van der Waals surface area (Å²) in [6.07, 6.45) is 1.71. The van der Waals surface area contributed by atoms with Crippen molar-refractivity contribution in [2.45, 2.75) is 45.4 Å². The van der Waals surface area contributed by atoms with Crippen molar-refractivity contribution in [3.8, 4) is 0 Å². The summed E-state index contributed by atoms with van der Waals surface area (Å²) in [4.78, 5) is 13.8. The van der Waals surface area contributed by atoms with Gasteiger partial charge in [0.2, 0.25) is 0 Å². The number of rotatable bonds is 7. The summed E-state index contributed by atoms with van der Waals surface area (Å²) in [5.41, 5.74) is 4.56. The minimum atomic E-state index is 0.0515. The predicted molar refractivity (Wildman–Crippen MR) is 125 cm³/mol. The minimum Gasteiger partial charge on any atom is -0.371 e. The van der Waals surface area contributed by atoms with Crippen molar-refractivity contribution in [3.63, 3.8) is 0 Å². The van der Waals surface area contributed by atoms with Crippen LogP contribution in [0.5, 0.6) is 0 Å². The molecule has 0 spiro atoms. The first-order chi connectivity index (χ1) is 14.9. The van der Waals surface area contributed by atoms with Gasteiger partial charge in [-0.05, 0) is 24.6 Å². The van der Waals surface area contributed by atoms with Crippen LogP contribution in [0.1, 0.15) is 49.6 Å². The lowest BCUT2D eigenvalue weighted by atomic mass is 9.94. The maximum Gasteiger partial charge on any atom is 0.138 e. The average Bonchev–Trinajstić information content (AvgIpc) is 3.16. The van der Waals surface area contributed by atoms with Crippen LogP contribution >= 0.6 is 11.6 Å². The van der Waals surface area contributed by atoms with Gasteiger partial charge in [-0.3, -0.25) is 0 Å². The topological polar surface area (TPSA) is 53.5 Å². The molecule has 0 bridgehead atoms. The molecule has 6 nitrogen and oxygen atoms in total. The van der Waals surface area contributed by atoms with Gasteiger partial charge in [0.05, 0.1) is 18.4 Å². The molecule has 1 fully saturated rings. The summed E-state index contributed by atoms with van der Waals surface area (Å²) in [5, 5.41) is 4.34. The number of ether oxygens (including phenoxy) is 1. The van der Waals surface area contributed by atoms with Crippen LogP contribution in [0.3, 0.4) is 0 Å². The number of benzene rings is 1. The van der Waals surface area contributed by atoms with E-state index in [1.54, 1.807) is 6.33 Å². The van der Waals surface area contributed by atoms with Crippen molar-refractivity contribution in [1.29, 1.82) is 0 Å². The Kier molecular flexibility index (Phi) is 6.80. The molecule has 31 heavy (non-hydrogen) atoms. The largest absolute Gasteiger partial charge is 0.371 e. The molecule has 1 saturated heterocycles. The first kappa shape index (κ1) is 22.1. The quantitative estimate of drug-likeness (QED) is 0.696. The number of fused-ring (bicyclic) bond motifs is 1. The molecule has 0 aliphatic carbocycles. The first-order valence-corrected chi connectivity index (χ1v) is 11.4. The van der Waals surface area contributed by atoms with Gasteiger partial charge in [-0.1, -0.05) is 44.2 Å². The fourth-order valence-electron chi connectivity index (χ4n) is 4.39. The van der Waals surface area contributed by atoms with E-state index in [1.165, 1.54) is 5.56 Å². The van der Waals surface area contributed by atoms with E-state index in [-0.39, 0.29) is 12.0 Å². The molecule has 2 unspecified atom stereocenters. The number of hydrogen-bond acceptors (Lipinski definition) is 6. The maximum atomic E-state index is 6.12. The van der Waals surface area contributed by atoms with Crippen molar-refractivity contribution in [2.24, 2.45) is 0 Å². The van der Waals surface area contributed by atoms with Gasteiger partial charge in [0, 0.05) is 61.0 Å². The normalized spacial score (nSPS) is 19.6. The van der Waals surface area contributed by atoms with E-state index in [9.17, 15) is 0 Å². The van der Waals surface area contributed by atoms with Crippen molar-refractivity contribution >= 4 is 17.4 Å². The second-order valence-corrected chi connectivity index (χ2v) is 9.08. The molecular formula is C24H32ClN5O. The Labute approximate surface area is 190 Å². The predicted octanol–water partition coefficient (Wildman–Crippen LogP) is 4.14. The molecule has 1 aromatic heterocycles. The third-order valence-corrected chi connectivity index (χ3v) is 6.46. The second-order valence-electron chi connectivity index (χ2n) is 8.64. The van der Waals surface area contributed by atoms with E-state index in [0.29, 0.717) is 12.6 Å². The zero-order chi connectivity index (χ0) is 22.0. The number of aromatic nitrogens is 2. The standard InChI is InChI=1S/C24H32ClN5O/c1-16(2)26-13-21(19-5-7-20(25)8-6-19)17(3)29-9-11-30(12-10-29)24-23-18(4)31-14-22(23)27-15-28-24/h5-8,15-16,18,21,26H,3,9-14H2,1-2,4H3. The first-order valence-electron chi connectivity index (χ1n) is 11.1. The highest BCUT2D eigenvalue weighted by atomic mass is 35.5. The van der Waals surface area contributed by atoms with Crippen LogP contribution in [0.25, 0.3) is 0 Å². The molecule has 0 saturated carbocycles. The van der Waals surface area contributed by atoms with Crippen molar-refractivity contribution in [2.75, 3.05) is 37.6 Å². The molecule has 166 valence electrons. The smallest absolute Gasteiger partial charge is 0.138 e. The monoisotopic (exact) mass is 441 g/mol. The SMILES string of the molecule is C=C(C(CNC(C)C)c1ccc(Cl)cc1)N1CCN(c2ncnc3c2C(C)OC3)CC1. The zero-order valence-electron chi connectivity index (χ0n) is 18.6. The van der Waals surface area contributed by atoms with Crippen LogP contribution in [0.15, 0.2) is 42.9 Å². The lowest BCUT2D eigenvalue weighted by Gasteiger charge is -2.40. The van der Waals surface area contributed by atoms with Crippen LogP contribution in [-0.2, 0) is 11.3 Å². The van der Waals surface area contributed by atoms with Gasteiger partial charge < -0.3 is 19.9 Å². The number of nitrogens with one attached hydrogen (secondary N) is 1. The van der Waals surface area contributed by atoms with Crippen LogP contribution in [-0.4, -0.2) is 53.6 Å². The molecule has 1 aromatic carbocycles. The van der Waals surface area contributed by atoms with E-state index in [4.69, 9.17) is 16.3 Å². The van der Waals surface area contributed by atoms with Crippen LogP contribution < -0.4 is 10.2 Å². The summed E-state index contributed by atoms with van der Waals surface area (Å²) in [6, 6.07) is 8.57. The molecule has 3 heterocycles. The van der Waals surface area contributed by atoms with Gasteiger partial charge in [0.15, 0.2) is 0 Å². The fourth-order valence-corrected chi connectivity index (χ4v) is 4.52. The highest BCUT2D eigenvalue weighted by molar-refractivity contribution is 6.30. The number of anilines is 1. The van der Waals surface area contributed by atoms with Gasteiger partial charge >= 0.3 is 0 Å². The summed E-state index contributed by atoms with van der Waals surface area (Å²) in [5.74, 6) is 1.24. The number of halogens is 1. The highest BCUT2D eigenvalue weighted by Gasteiger charge is 2.30. The van der Waals surface area contributed by atoms with Crippen LogP contribution in [0, 0.1) is 0 Å². The fraction of sp³-hybridized carbons (Fsp3) is 0.500. The molecule has 1 N–H and O–H groups in total. The highest BCUT2D eigenvalue weighted by Crippen LogP contribution is 2.36. The Bertz CT molecular complexity index is 909. The minimum absolute atomic E-state index is 0.0515.